The molecular formula is C17H22N6O4S. The zero-order valence-corrected chi connectivity index (χ0v) is 16.6. The summed E-state index contributed by atoms with van der Waals surface area (Å²) in [4.78, 5) is 25.9. The molecule has 1 N–H and O–H groups in total. The minimum atomic E-state index is -0.260. The van der Waals surface area contributed by atoms with E-state index < -0.39 is 0 Å². The standard InChI is InChI=1S/C17H22N6O4S/c1-26-12-5-6-14(27-2)13(9-12)23-17(19-20-21-23)28-11-15(24)18-10-16(25)22-7-3-4-8-22/h5-6,9H,3-4,7-8,10-11H2,1-2H3,(H,18,24). The van der Waals surface area contributed by atoms with Gasteiger partial charge >= 0.3 is 0 Å². The van der Waals surface area contributed by atoms with Gasteiger partial charge in [-0.05, 0) is 35.4 Å². The number of methoxy groups -OCH3 is 2. The number of thioether (sulfide) groups is 1. The van der Waals surface area contributed by atoms with Gasteiger partial charge in [-0.25, -0.2) is 0 Å². The van der Waals surface area contributed by atoms with E-state index in [4.69, 9.17) is 9.47 Å². The van der Waals surface area contributed by atoms with Gasteiger partial charge in [0.15, 0.2) is 0 Å². The molecule has 1 aliphatic heterocycles. The van der Waals surface area contributed by atoms with Gasteiger partial charge in [-0.15, -0.1) is 5.10 Å². The molecule has 28 heavy (non-hydrogen) atoms. The van der Waals surface area contributed by atoms with Crippen molar-refractivity contribution in [3.63, 3.8) is 0 Å². The van der Waals surface area contributed by atoms with Gasteiger partial charge in [0.2, 0.25) is 17.0 Å². The number of aromatic nitrogens is 4. The Labute approximate surface area is 166 Å². The SMILES string of the molecule is COc1ccc(OC)c(-n2nnnc2SCC(=O)NCC(=O)N2CCCC2)c1. The van der Waals surface area contributed by atoms with E-state index in [-0.39, 0.29) is 24.1 Å². The molecule has 0 unspecified atom stereocenters. The number of hydrogen-bond acceptors (Lipinski definition) is 8. The molecule has 2 aromatic rings. The quantitative estimate of drug-likeness (QED) is 0.631. The van der Waals surface area contributed by atoms with Gasteiger partial charge in [-0.3, -0.25) is 9.59 Å². The highest BCUT2D eigenvalue weighted by Crippen LogP contribution is 2.29. The Kier molecular flexibility index (Phi) is 6.69. The van der Waals surface area contributed by atoms with Crippen molar-refractivity contribution in [1.29, 1.82) is 0 Å². The van der Waals surface area contributed by atoms with E-state index in [0.717, 1.165) is 25.9 Å². The second-order valence-electron chi connectivity index (χ2n) is 6.06. The van der Waals surface area contributed by atoms with Gasteiger partial charge in [0.05, 0.1) is 26.5 Å². The number of hydrogen-bond donors (Lipinski definition) is 1. The maximum absolute atomic E-state index is 12.1. The summed E-state index contributed by atoms with van der Waals surface area (Å²) in [5.74, 6) is 0.961. The molecule has 1 fully saturated rings. The lowest BCUT2D eigenvalue weighted by atomic mass is 10.3. The highest BCUT2D eigenvalue weighted by atomic mass is 32.2. The number of rotatable bonds is 8. The molecule has 2 amide bonds. The van der Waals surface area contributed by atoms with E-state index in [2.05, 4.69) is 20.8 Å². The van der Waals surface area contributed by atoms with Crippen LogP contribution in [0.1, 0.15) is 12.8 Å². The number of amides is 2. The molecule has 0 radical (unpaired) electrons. The molecule has 0 atom stereocenters. The first-order valence-electron chi connectivity index (χ1n) is 8.80. The average molecular weight is 406 g/mol. The number of carbonyl (C=O) groups excluding carboxylic acids is 2. The second-order valence-corrected chi connectivity index (χ2v) is 7.01. The number of tetrazole rings is 1. The zero-order valence-electron chi connectivity index (χ0n) is 15.8. The Hall–Kier alpha value is -2.82. The Bertz CT molecular complexity index is 837. The molecule has 0 saturated carbocycles. The molecule has 150 valence electrons. The fraction of sp³-hybridized carbons (Fsp3) is 0.471. The third-order valence-corrected chi connectivity index (χ3v) is 5.20. The normalized spacial score (nSPS) is 13.4. The van der Waals surface area contributed by atoms with Gasteiger partial charge in [-0.2, -0.15) is 4.68 Å². The van der Waals surface area contributed by atoms with E-state index in [1.54, 1.807) is 37.3 Å². The molecule has 11 heteroatoms. The van der Waals surface area contributed by atoms with E-state index in [1.807, 2.05) is 0 Å². The third kappa shape index (κ3) is 4.71. The predicted octanol–water partition coefficient (Wildman–Crippen LogP) is 0.510. The second kappa shape index (κ2) is 9.40. The maximum atomic E-state index is 12.1. The molecule has 0 aliphatic carbocycles. The number of carbonyl (C=O) groups is 2. The molecular weight excluding hydrogens is 384 g/mol. The van der Waals surface area contributed by atoms with Gasteiger partial charge in [0.25, 0.3) is 0 Å². The molecule has 2 heterocycles. The van der Waals surface area contributed by atoms with Crippen molar-refractivity contribution in [2.75, 3.05) is 39.6 Å². The van der Waals surface area contributed by atoms with Crippen LogP contribution in [0.25, 0.3) is 5.69 Å². The van der Waals surface area contributed by atoms with Crippen LogP contribution in [0, 0.1) is 0 Å². The van der Waals surface area contributed by atoms with Gasteiger partial charge in [0, 0.05) is 19.2 Å². The van der Waals surface area contributed by atoms with Crippen LogP contribution in [0.3, 0.4) is 0 Å². The highest BCUT2D eigenvalue weighted by Gasteiger charge is 2.19. The molecule has 0 spiro atoms. The van der Waals surface area contributed by atoms with Crippen LogP contribution in [-0.2, 0) is 9.59 Å². The zero-order chi connectivity index (χ0) is 19.9. The first-order chi connectivity index (χ1) is 13.6. The van der Waals surface area contributed by atoms with Crippen LogP contribution in [0.5, 0.6) is 11.5 Å². The fourth-order valence-electron chi connectivity index (χ4n) is 2.82. The van der Waals surface area contributed by atoms with Gasteiger partial charge < -0.3 is 19.7 Å². The number of nitrogens with one attached hydrogen (secondary N) is 1. The predicted molar refractivity (Wildman–Crippen MR) is 102 cm³/mol. The van der Waals surface area contributed by atoms with Crippen LogP contribution in [0.2, 0.25) is 0 Å². The molecule has 1 aromatic heterocycles. The summed E-state index contributed by atoms with van der Waals surface area (Å²) in [6.45, 7) is 1.54. The first-order valence-corrected chi connectivity index (χ1v) is 9.79. The third-order valence-electron chi connectivity index (χ3n) is 4.28. The van der Waals surface area contributed by atoms with Crippen LogP contribution >= 0.6 is 11.8 Å². The van der Waals surface area contributed by atoms with Gasteiger partial charge in [0.1, 0.15) is 17.2 Å². The number of likely N-dealkylation sites (tertiary alicyclic amines) is 1. The molecule has 1 aliphatic rings. The number of ether oxygens (including phenoxy) is 2. The van der Waals surface area contributed by atoms with Crippen molar-refractivity contribution < 1.29 is 19.1 Å². The Morgan fingerprint density at radius 1 is 1.21 bits per heavy atom. The highest BCUT2D eigenvalue weighted by molar-refractivity contribution is 7.99. The minimum Gasteiger partial charge on any atom is -0.497 e. The molecule has 1 aromatic carbocycles. The fourth-order valence-corrected chi connectivity index (χ4v) is 3.53. The van der Waals surface area contributed by atoms with Gasteiger partial charge in [-0.1, -0.05) is 11.8 Å². The summed E-state index contributed by atoms with van der Waals surface area (Å²) in [5, 5.41) is 14.7. The van der Waals surface area contributed by atoms with Crippen molar-refractivity contribution in [2.45, 2.75) is 18.0 Å². The largest absolute Gasteiger partial charge is 0.497 e. The topological polar surface area (TPSA) is 111 Å². The Balaban J connectivity index is 1.60. The first kappa shape index (κ1) is 19.9. The summed E-state index contributed by atoms with van der Waals surface area (Å²) in [6, 6.07) is 5.26. The smallest absolute Gasteiger partial charge is 0.241 e. The Morgan fingerprint density at radius 3 is 2.71 bits per heavy atom. The maximum Gasteiger partial charge on any atom is 0.241 e. The number of nitrogens with zero attached hydrogens (tertiary/aromatic N) is 5. The summed E-state index contributed by atoms with van der Waals surface area (Å²) in [7, 11) is 3.11. The summed E-state index contributed by atoms with van der Waals surface area (Å²) >= 11 is 1.17. The van der Waals surface area contributed by atoms with Crippen molar-refractivity contribution in [2.24, 2.45) is 0 Å². The average Bonchev–Trinajstić information content (AvgIpc) is 3.41. The lowest BCUT2D eigenvalue weighted by Gasteiger charge is -2.15. The summed E-state index contributed by atoms with van der Waals surface area (Å²) in [5.41, 5.74) is 0.596. The number of benzene rings is 1. The molecule has 3 rings (SSSR count). The molecule has 1 saturated heterocycles. The van der Waals surface area contributed by atoms with Crippen molar-refractivity contribution in [3.05, 3.63) is 18.2 Å². The van der Waals surface area contributed by atoms with Crippen LogP contribution in [-0.4, -0.2) is 76.5 Å². The van der Waals surface area contributed by atoms with E-state index in [9.17, 15) is 9.59 Å². The van der Waals surface area contributed by atoms with Crippen molar-refractivity contribution in [1.82, 2.24) is 30.4 Å². The summed E-state index contributed by atoms with van der Waals surface area (Å²) < 4.78 is 12.1. The van der Waals surface area contributed by atoms with E-state index in [0.29, 0.717) is 22.3 Å². The summed E-state index contributed by atoms with van der Waals surface area (Å²) in [6.07, 6.45) is 2.04. The van der Waals surface area contributed by atoms with E-state index >= 15 is 0 Å². The van der Waals surface area contributed by atoms with Crippen LogP contribution in [0.15, 0.2) is 23.4 Å². The lowest BCUT2D eigenvalue weighted by Crippen LogP contribution is -2.39. The van der Waals surface area contributed by atoms with Crippen molar-refractivity contribution >= 4 is 23.6 Å². The molecule has 10 nitrogen and oxygen atoms in total. The van der Waals surface area contributed by atoms with Crippen LogP contribution in [0.4, 0.5) is 0 Å². The minimum absolute atomic E-state index is 0.00798. The Morgan fingerprint density at radius 2 is 2.00 bits per heavy atom. The van der Waals surface area contributed by atoms with Crippen LogP contribution < -0.4 is 14.8 Å². The van der Waals surface area contributed by atoms with Crippen molar-refractivity contribution in [3.8, 4) is 17.2 Å². The monoisotopic (exact) mass is 406 g/mol. The lowest BCUT2D eigenvalue weighted by molar-refractivity contribution is -0.131. The van der Waals surface area contributed by atoms with E-state index in [1.165, 1.54) is 16.4 Å². The molecule has 0 bridgehead atoms.